The summed E-state index contributed by atoms with van der Waals surface area (Å²) in [5, 5.41) is 15.0. The first kappa shape index (κ1) is 16.8. The number of anilines is 1. The van der Waals surface area contributed by atoms with Gasteiger partial charge in [0.15, 0.2) is 17.3 Å². The Morgan fingerprint density at radius 3 is 2.72 bits per heavy atom. The van der Waals surface area contributed by atoms with Crippen LogP contribution in [0.3, 0.4) is 0 Å². The van der Waals surface area contributed by atoms with E-state index in [0.29, 0.717) is 13.2 Å². The fourth-order valence-corrected chi connectivity index (χ4v) is 2.52. The number of hydrogen-bond acceptors (Lipinski definition) is 6. The molecule has 1 aromatic heterocycles. The number of ether oxygens (including phenoxy) is 2. The second-order valence-corrected chi connectivity index (χ2v) is 5.46. The summed E-state index contributed by atoms with van der Waals surface area (Å²) in [5.41, 5.74) is 3.01. The van der Waals surface area contributed by atoms with Gasteiger partial charge in [-0.2, -0.15) is 4.68 Å². The Balaban J connectivity index is 1.74. The number of nitrogens with one attached hydrogen (secondary N) is 1. The lowest BCUT2D eigenvalue weighted by atomic mass is 10.2. The minimum absolute atomic E-state index is 0.598. The molecule has 3 rings (SSSR count). The minimum Gasteiger partial charge on any atom is -0.493 e. The first-order chi connectivity index (χ1) is 12.2. The van der Waals surface area contributed by atoms with Crippen molar-refractivity contribution in [3.63, 3.8) is 0 Å². The molecule has 130 valence electrons. The van der Waals surface area contributed by atoms with Crippen LogP contribution in [0.15, 0.2) is 42.5 Å². The molecule has 25 heavy (non-hydrogen) atoms. The van der Waals surface area contributed by atoms with E-state index >= 15 is 0 Å². The van der Waals surface area contributed by atoms with Crippen molar-refractivity contribution in [1.82, 2.24) is 20.2 Å². The quantitative estimate of drug-likeness (QED) is 0.713. The number of rotatable bonds is 7. The number of benzene rings is 2. The van der Waals surface area contributed by atoms with Crippen LogP contribution in [-0.2, 0) is 6.54 Å². The highest BCUT2D eigenvalue weighted by atomic mass is 16.5. The zero-order chi connectivity index (χ0) is 17.6. The van der Waals surface area contributed by atoms with E-state index in [-0.39, 0.29) is 0 Å². The topological polar surface area (TPSA) is 74.1 Å². The van der Waals surface area contributed by atoms with E-state index < -0.39 is 0 Å². The fourth-order valence-electron chi connectivity index (χ4n) is 2.52. The van der Waals surface area contributed by atoms with Gasteiger partial charge in [-0.3, -0.25) is 0 Å². The number of methoxy groups -OCH3 is 1. The van der Waals surface area contributed by atoms with Crippen molar-refractivity contribution in [2.45, 2.75) is 20.4 Å². The van der Waals surface area contributed by atoms with Crippen LogP contribution in [0.4, 0.5) is 5.69 Å². The van der Waals surface area contributed by atoms with Crippen molar-refractivity contribution < 1.29 is 9.47 Å². The van der Waals surface area contributed by atoms with Gasteiger partial charge >= 0.3 is 0 Å². The maximum atomic E-state index is 5.62. The van der Waals surface area contributed by atoms with Crippen LogP contribution >= 0.6 is 0 Å². The molecule has 0 aliphatic carbocycles. The van der Waals surface area contributed by atoms with Crippen LogP contribution < -0.4 is 14.8 Å². The predicted molar refractivity (Wildman–Crippen MR) is 95.4 cm³/mol. The zero-order valence-electron chi connectivity index (χ0n) is 14.6. The number of hydrogen-bond donors (Lipinski definition) is 1. The van der Waals surface area contributed by atoms with Crippen LogP contribution in [0.1, 0.15) is 18.3 Å². The van der Waals surface area contributed by atoms with Gasteiger partial charge in [0.05, 0.1) is 19.4 Å². The Bertz CT molecular complexity index is 847. The SMILES string of the molecule is CCOc1cc(CNc2cccc(-n3nnnc3C)c2)ccc1OC. The molecule has 7 heteroatoms. The molecule has 3 aromatic rings. The van der Waals surface area contributed by atoms with Crippen LogP contribution in [0.2, 0.25) is 0 Å². The molecule has 0 radical (unpaired) electrons. The van der Waals surface area contributed by atoms with Gasteiger partial charge in [0.2, 0.25) is 0 Å². The zero-order valence-corrected chi connectivity index (χ0v) is 14.6. The van der Waals surface area contributed by atoms with E-state index in [9.17, 15) is 0 Å². The van der Waals surface area contributed by atoms with E-state index in [2.05, 4.69) is 20.8 Å². The summed E-state index contributed by atoms with van der Waals surface area (Å²) in [7, 11) is 1.64. The van der Waals surface area contributed by atoms with Gasteiger partial charge in [-0.25, -0.2) is 0 Å². The number of tetrazole rings is 1. The Kier molecular flexibility index (Phi) is 5.13. The number of aryl methyl sites for hydroxylation is 1. The van der Waals surface area contributed by atoms with Gasteiger partial charge in [-0.05, 0) is 60.2 Å². The van der Waals surface area contributed by atoms with Crippen molar-refractivity contribution in [2.24, 2.45) is 0 Å². The highest BCUT2D eigenvalue weighted by Gasteiger charge is 2.07. The van der Waals surface area contributed by atoms with Gasteiger partial charge < -0.3 is 14.8 Å². The maximum absolute atomic E-state index is 5.62. The standard InChI is InChI=1S/C18H21N5O2/c1-4-25-18-10-14(8-9-17(18)24-3)12-19-15-6-5-7-16(11-15)23-13(2)20-21-22-23/h5-11,19H,4,12H2,1-3H3. The molecule has 0 bridgehead atoms. The lowest BCUT2D eigenvalue weighted by Crippen LogP contribution is -2.03. The van der Waals surface area contributed by atoms with E-state index in [1.807, 2.05) is 56.3 Å². The largest absolute Gasteiger partial charge is 0.493 e. The van der Waals surface area contributed by atoms with E-state index in [0.717, 1.165) is 34.3 Å². The smallest absolute Gasteiger partial charge is 0.161 e. The van der Waals surface area contributed by atoms with E-state index in [4.69, 9.17) is 9.47 Å². The summed E-state index contributed by atoms with van der Waals surface area (Å²) in [6.07, 6.45) is 0. The van der Waals surface area contributed by atoms with Crippen LogP contribution in [0.5, 0.6) is 11.5 Å². The molecule has 2 aromatic carbocycles. The lowest BCUT2D eigenvalue weighted by molar-refractivity contribution is 0.310. The van der Waals surface area contributed by atoms with E-state index in [1.165, 1.54) is 0 Å². The van der Waals surface area contributed by atoms with Crippen molar-refractivity contribution in [1.29, 1.82) is 0 Å². The highest BCUT2D eigenvalue weighted by Crippen LogP contribution is 2.28. The molecular formula is C18H21N5O2. The number of aromatic nitrogens is 4. The Morgan fingerprint density at radius 1 is 1.12 bits per heavy atom. The summed E-state index contributed by atoms with van der Waals surface area (Å²) in [5.74, 6) is 2.23. The first-order valence-electron chi connectivity index (χ1n) is 8.10. The van der Waals surface area contributed by atoms with Crippen LogP contribution in [0, 0.1) is 6.92 Å². The predicted octanol–water partition coefficient (Wildman–Crippen LogP) is 2.99. The summed E-state index contributed by atoms with van der Waals surface area (Å²) in [6.45, 7) is 5.09. The Hall–Kier alpha value is -3.09. The van der Waals surface area contributed by atoms with Crippen molar-refractivity contribution >= 4 is 5.69 Å². The summed E-state index contributed by atoms with van der Waals surface area (Å²) in [4.78, 5) is 0. The lowest BCUT2D eigenvalue weighted by Gasteiger charge is -2.12. The number of nitrogens with zero attached hydrogens (tertiary/aromatic N) is 4. The summed E-state index contributed by atoms with van der Waals surface area (Å²) >= 11 is 0. The second kappa shape index (κ2) is 7.65. The molecule has 0 atom stereocenters. The third kappa shape index (κ3) is 3.88. The first-order valence-corrected chi connectivity index (χ1v) is 8.10. The molecule has 0 amide bonds. The average Bonchev–Trinajstić information content (AvgIpc) is 3.07. The minimum atomic E-state index is 0.598. The summed E-state index contributed by atoms with van der Waals surface area (Å²) < 4.78 is 12.6. The molecule has 0 saturated heterocycles. The molecular weight excluding hydrogens is 318 g/mol. The van der Waals surface area contributed by atoms with E-state index in [1.54, 1.807) is 11.8 Å². The molecule has 1 N–H and O–H groups in total. The van der Waals surface area contributed by atoms with Gasteiger partial charge in [0.1, 0.15) is 0 Å². The molecule has 1 heterocycles. The van der Waals surface area contributed by atoms with Crippen molar-refractivity contribution in [3.05, 3.63) is 53.9 Å². The third-order valence-electron chi connectivity index (χ3n) is 3.74. The molecule has 7 nitrogen and oxygen atoms in total. The van der Waals surface area contributed by atoms with Gasteiger partial charge in [-0.1, -0.05) is 12.1 Å². The van der Waals surface area contributed by atoms with Crippen LogP contribution in [0.25, 0.3) is 5.69 Å². The molecule has 0 aliphatic heterocycles. The molecule has 0 spiro atoms. The van der Waals surface area contributed by atoms with Crippen LogP contribution in [-0.4, -0.2) is 33.9 Å². The van der Waals surface area contributed by atoms with Crippen molar-refractivity contribution in [3.8, 4) is 17.2 Å². The normalized spacial score (nSPS) is 10.5. The maximum Gasteiger partial charge on any atom is 0.161 e. The summed E-state index contributed by atoms with van der Waals surface area (Å²) in [6, 6.07) is 13.9. The molecule has 0 aliphatic rings. The Morgan fingerprint density at radius 2 is 2.00 bits per heavy atom. The highest BCUT2D eigenvalue weighted by molar-refractivity contribution is 5.52. The fraction of sp³-hybridized carbons (Fsp3) is 0.278. The van der Waals surface area contributed by atoms with Gasteiger partial charge in [-0.15, -0.1) is 5.10 Å². The third-order valence-corrected chi connectivity index (χ3v) is 3.74. The monoisotopic (exact) mass is 339 g/mol. The van der Waals surface area contributed by atoms with Crippen molar-refractivity contribution in [2.75, 3.05) is 19.0 Å². The van der Waals surface area contributed by atoms with Gasteiger partial charge in [0, 0.05) is 12.2 Å². The second-order valence-electron chi connectivity index (χ2n) is 5.46. The molecule has 0 unspecified atom stereocenters. The average molecular weight is 339 g/mol. The molecule has 0 saturated carbocycles. The van der Waals surface area contributed by atoms with Gasteiger partial charge in [0.25, 0.3) is 0 Å². The Labute approximate surface area is 146 Å². The molecule has 0 fully saturated rings.